The van der Waals surface area contributed by atoms with Crippen LogP contribution in [0.3, 0.4) is 0 Å². The van der Waals surface area contributed by atoms with Gasteiger partial charge in [0.15, 0.2) is 5.69 Å². The van der Waals surface area contributed by atoms with Crippen LogP contribution in [0.1, 0.15) is 16.5 Å². The summed E-state index contributed by atoms with van der Waals surface area (Å²) in [6, 6.07) is 5.51. The Morgan fingerprint density at radius 1 is 1.29 bits per heavy atom. The zero-order chi connectivity index (χ0) is 14.2. The summed E-state index contributed by atoms with van der Waals surface area (Å²) in [4.78, 5) is 0.699. The van der Waals surface area contributed by atoms with E-state index < -0.39 is 0 Å². The van der Waals surface area contributed by atoms with Gasteiger partial charge in [0.2, 0.25) is 10.8 Å². The van der Waals surface area contributed by atoms with Crippen molar-refractivity contribution >= 4 is 28.4 Å². The molecule has 0 aliphatic carbocycles. The molecule has 0 bridgehead atoms. The van der Waals surface area contributed by atoms with Gasteiger partial charge in [-0.3, -0.25) is 0 Å². The first-order chi connectivity index (χ1) is 10.3. The molecule has 8 heteroatoms. The van der Waals surface area contributed by atoms with E-state index in [0.29, 0.717) is 16.5 Å². The van der Waals surface area contributed by atoms with Crippen LogP contribution in [-0.2, 0) is 0 Å². The maximum absolute atomic E-state index is 5.24. The predicted molar refractivity (Wildman–Crippen MR) is 76.5 cm³/mol. The maximum Gasteiger partial charge on any atom is 0.235 e. The molecule has 0 aliphatic rings. The lowest BCUT2D eigenvalue weighted by atomic mass is 10.4. The smallest absolute Gasteiger partial charge is 0.235 e. The van der Waals surface area contributed by atoms with Gasteiger partial charge in [0.1, 0.15) is 16.5 Å². The van der Waals surface area contributed by atoms with Crippen LogP contribution in [-0.4, -0.2) is 25.0 Å². The Morgan fingerprint density at radius 2 is 2.24 bits per heavy atom. The Kier molecular flexibility index (Phi) is 2.68. The number of hydrogen-bond acceptors (Lipinski definition) is 7. The van der Waals surface area contributed by atoms with Crippen LogP contribution in [0.2, 0.25) is 0 Å². The molecule has 0 N–H and O–H groups in total. The Morgan fingerprint density at radius 3 is 3.00 bits per heavy atom. The van der Waals surface area contributed by atoms with E-state index in [2.05, 4.69) is 20.5 Å². The average molecular weight is 299 g/mol. The summed E-state index contributed by atoms with van der Waals surface area (Å²) in [5.74, 6) is 2.05. The highest BCUT2D eigenvalue weighted by Gasteiger charge is 2.15. The molecule has 4 heterocycles. The molecule has 104 valence electrons. The number of hydrogen-bond donors (Lipinski definition) is 0. The highest BCUT2D eigenvalue weighted by atomic mass is 32.1. The number of fused-ring (bicyclic) bond motifs is 1. The Hall–Kier alpha value is -2.74. The topological polar surface area (TPSA) is 82.2 Å². The van der Waals surface area contributed by atoms with E-state index >= 15 is 0 Å². The molecule has 4 aromatic heterocycles. The number of rotatable bonds is 3. The van der Waals surface area contributed by atoms with Crippen LogP contribution in [0.15, 0.2) is 33.4 Å². The minimum atomic E-state index is 0.566. The molecule has 4 rings (SSSR count). The summed E-state index contributed by atoms with van der Waals surface area (Å²) < 4.78 is 12.0. The molecule has 0 atom stereocenters. The second-order valence-corrected chi connectivity index (χ2v) is 5.32. The first-order valence-electron chi connectivity index (χ1n) is 6.17. The highest BCUT2D eigenvalue weighted by Crippen LogP contribution is 2.22. The van der Waals surface area contributed by atoms with E-state index in [1.807, 2.05) is 31.2 Å². The lowest BCUT2D eigenvalue weighted by molar-refractivity contribution is 0.399. The summed E-state index contributed by atoms with van der Waals surface area (Å²) in [6.45, 7) is 1.83. The second-order valence-electron chi connectivity index (χ2n) is 4.33. The molecule has 0 unspecified atom stereocenters. The first kappa shape index (κ1) is 12.0. The van der Waals surface area contributed by atoms with Crippen LogP contribution >= 0.6 is 11.3 Å². The average Bonchev–Trinajstić information content (AvgIpc) is 3.20. The van der Waals surface area contributed by atoms with Crippen molar-refractivity contribution in [1.82, 2.24) is 25.0 Å². The van der Waals surface area contributed by atoms with Crippen molar-refractivity contribution in [1.29, 1.82) is 0 Å². The minimum Gasteiger partial charge on any atom is -0.465 e. The lowest BCUT2D eigenvalue weighted by Gasteiger charge is -1.87. The molecular formula is C13H9N5O2S. The molecule has 0 saturated carbocycles. The molecular weight excluding hydrogens is 290 g/mol. The standard InChI is InChI=1S/C13H9N5O2S/c1-8-7-10(17-20-8)12-14-15-13-18(12)16-11(21-13)5-4-9-3-2-6-19-9/h2-7H,1H3. The number of furan rings is 1. The zero-order valence-corrected chi connectivity index (χ0v) is 11.7. The first-order valence-corrected chi connectivity index (χ1v) is 6.99. The molecule has 0 fully saturated rings. The van der Waals surface area contributed by atoms with Gasteiger partial charge in [-0.05, 0) is 31.2 Å². The second kappa shape index (κ2) is 4.67. The van der Waals surface area contributed by atoms with E-state index in [1.165, 1.54) is 11.3 Å². The Labute approximate surface area is 122 Å². The number of aryl methyl sites for hydroxylation is 1. The SMILES string of the molecule is Cc1cc(-c2nnc3sc(C=Cc4ccco4)nn23)no1. The van der Waals surface area contributed by atoms with E-state index in [9.17, 15) is 0 Å². The van der Waals surface area contributed by atoms with Crippen molar-refractivity contribution in [3.05, 3.63) is 41.0 Å². The van der Waals surface area contributed by atoms with Crippen molar-refractivity contribution < 1.29 is 8.94 Å². The molecule has 0 aliphatic heterocycles. The van der Waals surface area contributed by atoms with Gasteiger partial charge in [-0.25, -0.2) is 0 Å². The van der Waals surface area contributed by atoms with Gasteiger partial charge in [0.25, 0.3) is 0 Å². The van der Waals surface area contributed by atoms with E-state index in [1.54, 1.807) is 16.8 Å². The summed E-state index contributed by atoms with van der Waals surface area (Å²) in [6.07, 6.45) is 5.35. The predicted octanol–water partition coefficient (Wildman–Crippen LogP) is 2.91. The van der Waals surface area contributed by atoms with Crippen LogP contribution in [0.25, 0.3) is 28.6 Å². The third-order valence-corrected chi connectivity index (χ3v) is 3.66. The Bertz CT molecular complexity index is 916. The molecule has 0 amide bonds. The van der Waals surface area contributed by atoms with Crippen molar-refractivity contribution in [2.75, 3.05) is 0 Å². The molecule has 21 heavy (non-hydrogen) atoms. The van der Waals surface area contributed by atoms with Gasteiger partial charge < -0.3 is 8.94 Å². The summed E-state index contributed by atoms with van der Waals surface area (Å²) >= 11 is 1.43. The monoisotopic (exact) mass is 299 g/mol. The van der Waals surface area contributed by atoms with Crippen molar-refractivity contribution in [3.63, 3.8) is 0 Å². The van der Waals surface area contributed by atoms with Gasteiger partial charge in [0, 0.05) is 6.07 Å². The normalized spacial score (nSPS) is 11.9. The van der Waals surface area contributed by atoms with Gasteiger partial charge >= 0.3 is 0 Å². The molecule has 0 saturated heterocycles. The van der Waals surface area contributed by atoms with E-state index in [-0.39, 0.29) is 0 Å². The fourth-order valence-corrected chi connectivity index (χ4v) is 2.61. The van der Waals surface area contributed by atoms with E-state index in [0.717, 1.165) is 16.5 Å². The van der Waals surface area contributed by atoms with Gasteiger partial charge in [0.05, 0.1) is 6.26 Å². The fourth-order valence-electron chi connectivity index (χ4n) is 1.87. The lowest BCUT2D eigenvalue weighted by Crippen LogP contribution is -1.90. The van der Waals surface area contributed by atoms with Gasteiger partial charge in [-0.1, -0.05) is 16.5 Å². The molecule has 7 nitrogen and oxygen atoms in total. The summed E-state index contributed by atoms with van der Waals surface area (Å²) in [5.41, 5.74) is 0.617. The van der Waals surface area contributed by atoms with Crippen molar-refractivity contribution in [2.24, 2.45) is 0 Å². The zero-order valence-electron chi connectivity index (χ0n) is 10.9. The largest absolute Gasteiger partial charge is 0.465 e. The quantitative estimate of drug-likeness (QED) is 0.578. The summed E-state index contributed by atoms with van der Waals surface area (Å²) in [7, 11) is 0. The van der Waals surface area contributed by atoms with Crippen LogP contribution in [0.5, 0.6) is 0 Å². The van der Waals surface area contributed by atoms with Crippen LogP contribution < -0.4 is 0 Å². The van der Waals surface area contributed by atoms with Crippen LogP contribution in [0.4, 0.5) is 0 Å². The van der Waals surface area contributed by atoms with E-state index in [4.69, 9.17) is 8.94 Å². The van der Waals surface area contributed by atoms with Crippen molar-refractivity contribution in [2.45, 2.75) is 6.92 Å². The minimum absolute atomic E-state index is 0.566. The van der Waals surface area contributed by atoms with Gasteiger partial charge in [-0.15, -0.1) is 10.2 Å². The number of aromatic nitrogens is 5. The third-order valence-electron chi connectivity index (χ3n) is 2.80. The molecule has 0 aromatic carbocycles. The van der Waals surface area contributed by atoms with Crippen LogP contribution in [0, 0.1) is 6.92 Å². The number of nitrogens with zero attached hydrogens (tertiary/aromatic N) is 5. The van der Waals surface area contributed by atoms with Crippen molar-refractivity contribution in [3.8, 4) is 11.5 Å². The molecule has 4 aromatic rings. The summed E-state index contributed by atoms with van der Waals surface area (Å²) in [5, 5.41) is 17.4. The Balaban J connectivity index is 1.72. The fraction of sp³-hybridized carbons (Fsp3) is 0.0769. The highest BCUT2D eigenvalue weighted by molar-refractivity contribution is 7.17. The van der Waals surface area contributed by atoms with Gasteiger partial charge in [-0.2, -0.15) is 9.61 Å². The molecule has 0 spiro atoms. The third kappa shape index (κ3) is 2.15. The molecule has 0 radical (unpaired) electrons. The maximum atomic E-state index is 5.24.